The Labute approximate surface area is 71.2 Å². The van der Waals surface area contributed by atoms with Gasteiger partial charge in [0.15, 0.2) is 0 Å². The fraction of sp³-hybridized carbons (Fsp3) is 0.500. The van der Waals surface area contributed by atoms with Crippen LogP contribution in [0.1, 0.15) is 12.6 Å². The molecule has 12 heavy (non-hydrogen) atoms. The molecular formula is C6H11N3O2S. The zero-order valence-corrected chi connectivity index (χ0v) is 7.80. The highest BCUT2D eigenvalue weighted by atomic mass is 32.2. The van der Waals surface area contributed by atoms with Crippen LogP contribution in [0.2, 0.25) is 0 Å². The number of rotatable bonds is 2. The molecule has 6 heteroatoms. The van der Waals surface area contributed by atoms with Crippen LogP contribution in [-0.2, 0) is 10.0 Å². The third kappa shape index (κ3) is 1.42. The number of aryl methyl sites for hydroxylation is 1. The normalized spacial score (nSPS) is 11.8. The lowest BCUT2D eigenvalue weighted by atomic mass is 10.5. The fourth-order valence-corrected chi connectivity index (χ4v) is 1.84. The molecule has 0 saturated carbocycles. The van der Waals surface area contributed by atoms with Crippen LogP contribution in [0.25, 0.3) is 0 Å². The minimum atomic E-state index is -3.28. The van der Waals surface area contributed by atoms with E-state index in [1.165, 1.54) is 6.07 Å². The second-order valence-corrected chi connectivity index (χ2v) is 4.54. The first-order valence-corrected chi connectivity index (χ1v) is 5.13. The van der Waals surface area contributed by atoms with E-state index >= 15 is 0 Å². The highest BCUT2D eigenvalue weighted by Gasteiger charge is 2.14. The van der Waals surface area contributed by atoms with Crippen LogP contribution < -0.4 is 5.73 Å². The van der Waals surface area contributed by atoms with Crippen molar-refractivity contribution in [3.63, 3.8) is 0 Å². The molecule has 1 rings (SSSR count). The predicted octanol–water partition coefficient (Wildman–Crippen LogP) is -0.0285. The molecule has 0 aliphatic carbocycles. The molecule has 5 nitrogen and oxygen atoms in total. The van der Waals surface area contributed by atoms with Crippen LogP contribution in [0.4, 0.5) is 5.82 Å². The third-order valence-electron chi connectivity index (χ3n) is 1.49. The summed E-state index contributed by atoms with van der Waals surface area (Å²) in [5.41, 5.74) is 5.87. The van der Waals surface area contributed by atoms with Crippen molar-refractivity contribution in [1.82, 2.24) is 9.19 Å². The molecule has 0 radical (unpaired) electrons. The summed E-state index contributed by atoms with van der Waals surface area (Å²) in [5.74, 6) is 0.249. The molecule has 0 aliphatic heterocycles. The predicted molar refractivity (Wildman–Crippen MR) is 46.2 cm³/mol. The van der Waals surface area contributed by atoms with Crippen molar-refractivity contribution >= 4 is 15.8 Å². The van der Waals surface area contributed by atoms with E-state index in [2.05, 4.69) is 5.10 Å². The highest BCUT2D eigenvalue weighted by molar-refractivity contribution is 7.89. The zero-order chi connectivity index (χ0) is 9.35. The van der Waals surface area contributed by atoms with Crippen LogP contribution in [0.3, 0.4) is 0 Å². The van der Waals surface area contributed by atoms with E-state index in [-0.39, 0.29) is 11.6 Å². The standard InChI is InChI=1S/C6H11N3O2S/c1-3-12(10,11)9-5(2)4-6(7)8-9/h4H,3H2,1-2H3,(H2,7,8). The van der Waals surface area contributed by atoms with E-state index in [1.807, 2.05) is 0 Å². The minimum Gasteiger partial charge on any atom is -0.382 e. The Hall–Kier alpha value is -1.04. The van der Waals surface area contributed by atoms with Crippen molar-refractivity contribution in [2.24, 2.45) is 0 Å². The van der Waals surface area contributed by atoms with Gasteiger partial charge in [-0.25, -0.2) is 8.42 Å². The zero-order valence-electron chi connectivity index (χ0n) is 6.98. The number of nitrogen functional groups attached to an aromatic ring is 1. The highest BCUT2D eigenvalue weighted by Crippen LogP contribution is 2.07. The average Bonchev–Trinajstić information content (AvgIpc) is 2.31. The van der Waals surface area contributed by atoms with Gasteiger partial charge in [0.05, 0.1) is 11.4 Å². The minimum absolute atomic E-state index is 0.0228. The van der Waals surface area contributed by atoms with Crippen molar-refractivity contribution in [2.75, 3.05) is 11.5 Å². The van der Waals surface area contributed by atoms with Gasteiger partial charge in [0.2, 0.25) is 0 Å². The van der Waals surface area contributed by atoms with Gasteiger partial charge in [0.25, 0.3) is 10.0 Å². The van der Waals surface area contributed by atoms with Crippen molar-refractivity contribution in [3.05, 3.63) is 11.8 Å². The lowest BCUT2D eigenvalue weighted by Crippen LogP contribution is -2.17. The number of anilines is 1. The van der Waals surface area contributed by atoms with E-state index in [4.69, 9.17) is 5.73 Å². The summed E-state index contributed by atoms with van der Waals surface area (Å²) in [6.07, 6.45) is 0. The lowest BCUT2D eigenvalue weighted by Gasteiger charge is -2.01. The number of hydrogen-bond acceptors (Lipinski definition) is 4. The van der Waals surface area contributed by atoms with Crippen LogP contribution in [0.15, 0.2) is 6.07 Å². The summed E-state index contributed by atoms with van der Waals surface area (Å²) in [6, 6.07) is 1.52. The van der Waals surface area contributed by atoms with E-state index in [0.29, 0.717) is 5.69 Å². The lowest BCUT2D eigenvalue weighted by molar-refractivity contribution is 0.580. The van der Waals surface area contributed by atoms with Gasteiger partial charge < -0.3 is 5.73 Å². The number of nitrogens with zero attached hydrogens (tertiary/aromatic N) is 2. The van der Waals surface area contributed by atoms with Crippen LogP contribution in [0.5, 0.6) is 0 Å². The van der Waals surface area contributed by atoms with Crippen LogP contribution in [-0.4, -0.2) is 23.4 Å². The molecule has 0 bridgehead atoms. The molecule has 0 atom stereocenters. The van der Waals surface area contributed by atoms with Crippen LogP contribution in [0, 0.1) is 6.92 Å². The van der Waals surface area contributed by atoms with E-state index < -0.39 is 10.0 Å². The molecular weight excluding hydrogens is 178 g/mol. The second kappa shape index (κ2) is 2.78. The topological polar surface area (TPSA) is 78.0 Å². The molecule has 0 amide bonds. The summed E-state index contributed by atoms with van der Waals surface area (Å²) in [4.78, 5) is 0. The Morgan fingerprint density at radius 3 is 2.58 bits per heavy atom. The summed E-state index contributed by atoms with van der Waals surface area (Å²) < 4.78 is 23.5. The molecule has 1 heterocycles. The molecule has 0 fully saturated rings. The number of hydrogen-bond donors (Lipinski definition) is 1. The maximum Gasteiger partial charge on any atom is 0.253 e. The van der Waals surface area contributed by atoms with Crippen molar-refractivity contribution in [1.29, 1.82) is 0 Å². The summed E-state index contributed by atoms with van der Waals surface area (Å²) >= 11 is 0. The molecule has 68 valence electrons. The molecule has 0 spiro atoms. The molecule has 0 unspecified atom stereocenters. The second-order valence-electron chi connectivity index (χ2n) is 2.45. The van der Waals surface area contributed by atoms with Gasteiger partial charge in [0.1, 0.15) is 5.82 Å². The van der Waals surface area contributed by atoms with Gasteiger partial charge in [-0.2, -0.15) is 4.09 Å². The van der Waals surface area contributed by atoms with Crippen molar-refractivity contribution < 1.29 is 8.42 Å². The first kappa shape index (κ1) is 9.05. The monoisotopic (exact) mass is 189 g/mol. The van der Waals surface area contributed by atoms with Crippen molar-refractivity contribution in [2.45, 2.75) is 13.8 Å². The van der Waals surface area contributed by atoms with Gasteiger partial charge in [-0.1, -0.05) is 0 Å². The summed E-state index contributed by atoms with van der Waals surface area (Å²) in [7, 11) is -3.28. The van der Waals surface area contributed by atoms with Gasteiger partial charge in [-0.15, -0.1) is 5.10 Å². The van der Waals surface area contributed by atoms with Crippen LogP contribution >= 0.6 is 0 Å². The summed E-state index contributed by atoms with van der Waals surface area (Å²) in [6.45, 7) is 3.21. The smallest absolute Gasteiger partial charge is 0.253 e. The Bertz CT molecular complexity index is 379. The number of nitrogens with two attached hydrogens (primary N) is 1. The molecule has 2 N–H and O–H groups in total. The molecule has 0 aromatic carbocycles. The maximum absolute atomic E-state index is 11.3. The molecule has 1 aromatic rings. The first-order chi connectivity index (χ1) is 5.47. The van der Waals surface area contributed by atoms with Gasteiger partial charge in [-0.3, -0.25) is 0 Å². The molecule has 1 aromatic heterocycles. The average molecular weight is 189 g/mol. The van der Waals surface area contributed by atoms with Gasteiger partial charge in [-0.05, 0) is 13.8 Å². The maximum atomic E-state index is 11.3. The Morgan fingerprint density at radius 2 is 2.25 bits per heavy atom. The van der Waals surface area contributed by atoms with E-state index in [1.54, 1.807) is 13.8 Å². The van der Waals surface area contributed by atoms with Gasteiger partial charge >= 0.3 is 0 Å². The largest absolute Gasteiger partial charge is 0.382 e. The molecule has 0 aliphatic rings. The summed E-state index contributed by atoms with van der Waals surface area (Å²) in [5, 5.41) is 3.66. The Morgan fingerprint density at radius 1 is 1.67 bits per heavy atom. The Kier molecular flexibility index (Phi) is 2.10. The van der Waals surface area contributed by atoms with Gasteiger partial charge in [0, 0.05) is 6.07 Å². The quantitative estimate of drug-likeness (QED) is 0.708. The first-order valence-electron chi connectivity index (χ1n) is 3.52. The SMILES string of the molecule is CCS(=O)(=O)n1nc(N)cc1C. The number of aromatic nitrogens is 2. The molecule has 0 saturated heterocycles. The Balaban J connectivity index is 3.29. The fourth-order valence-electron chi connectivity index (χ4n) is 0.886. The van der Waals surface area contributed by atoms with E-state index in [9.17, 15) is 8.42 Å². The third-order valence-corrected chi connectivity index (χ3v) is 3.12. The van der Waals surface area contributed by atoms with Crippen molar-refractivity contribution in [3.8, 4) is 0 Å². The van der Waals surface area contributed by atoms with E-state index in [0.717, 1.165) is 4.09 Å².